The maximum atomic E-state index is 12.7. The summed E-state index contributed by atoms with van der Waals surface area (Å²) in [5, 5.41) is 9.15. The predicted octanol–water partition coefficient (Wildman–Crippen LogP) is 4.49. The molecule has 0 spiro atoms. The van der Waals surface area contributed by atoms with Crippen LogP contribution in [-0.4, -0.2) is 33.4 Å². The summed E-state index contributed by atoms with van der Waals surface area (Å²) in [6.07, 6.45) is 0. The first-order valence-corrected chi connectivity index (χ1v) is 10.2. The number of hydrogen-bond acceptors (Lipinski definition) is 7. The molecule has 0 saturated heterocycles. The highest BCUT2D eigenvalue weighted by atomic mass is 32.2. The summed E-state index contributed by atoms with van der Waals surface area (Å²) in [7, 11) is 0. The van der Waals surface area contributed by atoms with Gasteiger partial charge in [-0.3, -0.25) is 9.69 Å². The Hall–Kier alpha value is -2.71. The van der Waals surface area contributed by atoms with Crippen LogP contribution in [0.3, 0.4) is 0 Å². The lowest BCUT2D eigenvalue weighted by molar-refractivity contribution is -0.116. The van der Waals surface area contributed by atoms with Crippen molar-refractivity contribution < 1.29 is 9.21 Å². The van der Waals surface area contributed by atoms with Crippen molar-refractivity contribution in [3.8, 4) is 11.5 Å². The topological polar surface area (TPSA) is 72.1 Å². The summed E-state index contributed by atoms with van der Waals surface area (Å²) in [6, 6.07) is 17.4. The molecular formula is C19H16N4O2S2. The van der Waals surface area contributed by atoms with Crippen LogP contribution in [0.15, 0.2) is 64.2 Å². The van der Waals surface area contributed by atoms with Crippen molar-refractivity contribution in [3.05, 3.63) is 54.6 Å². The molecule has 136 valence electrons. The zero-order chi connectivity index (χ0) is 18.6. The van der Waals surface area contributed by atoms with Gasteiger partial charge in [0, 0.05) is 12.1 Å². The summed E-state index contributed by atoms with van der Waals surface area (Å²) in [5.41, 5.74) is 1.76. The van der Waals surface area contributed by atoms with Crippen LogP contribution in [0.2, 0.25) is 0 Å². The number of amides is 1. The number of hydrogen-bond donors (Lipinski definition) is 0. The van der Waals surface area contributed by atoms with E-state index >= 15 is 0 Å². The van der Waals surface area contributed by atoms with Crippen molar-refractivity contribution in [2.24, 2.45) is 0 Å². The number of thioether (sulfide) groups is 1. The molecule has 0 fully saturated rings. The molecule has 2 heterocycles. The van der Waals surface area contributed by atoms with Crippen LogP contribution < -0.4 is 4.90 Å². The molecule has 0 aliphatic carbocycles. The van der Waals surface area contributed by atoms with E-state index in [2.05, 4.69) is 15.2 Å². The molecule has 2 aromatic heterocycles. The van der Waals surface area contributed by atoms with Crippen LogP contribution >= 0.6 is 23.1 Å². The van der Waals surface area contributed by atoms with Crippen molar-refractivity contribution in [2.75, 3.05) is 17.2 Å². The van der Waals surface area contributed by atoms with Gasteiger partial charge in [-0.05, 0) is 31.2 Å². The van der Waals surface area contributed by atoms with Gasteiger partial charge in [0.2, 0.25) is 11.8 Å². The van der Waals surface area contributed by atoms with Crippen molar-refractivity contribution in [3.63, 3.8) is 0 Å². The summed E-state index contributed by atoms with van der Waals surface area (Å²) in [6.45, 7) is 2.49. The van der Waals surface area contributed by atoms with Crippen molar-refractivity contribution in [1.82, 2.24) is 15.2 Å². The average molecular weight is 396 g/mol. The fourth-order valence-corrected chi connectivity index (χ4v) is 4.25. The summed E-state index contributed by atoms with van der Waals surface area (Å²) >= 11 is 2.75. The van der Waals surface area contributed by atoms with Gasteiger partial charge in [0.05, 0.1) is 16.0 Å². The third kappa shape index (κ3) is 3.86. The average Bonchev–Trinajstić information content (AvgIpc) is 3.34. The Morgan fingerprint density at radius 2 is 1.89 bits per heavy atom. The summed E-state index contributed by atoms with van der Waals surface area (Å²) in [4.78, 5) is 18.9. The molecule has 4 rings (SSSR count). The quantitative estimate of drug-likeness (QED) is 0.447. The Balaban J connectivity index is 1.44. The highest BCUT2D eigenvalue weighted by Gasteiger charge is 2.19. The maximum absolute atomic E-state index is 12.7. The molecule has 1 amide bonds. The number of para-hydroxylation sites is 1. The zero-order valence-corrected chi connectivity index (χ0v) is 16.2. The van der Waals surface area contributed by atoms with E-state index in [1.54, 1.807) is 4.90 Å². The third-order valence-electron chi connectivity index (χ3n) is 3.88. The molecule has 0 aliphatic heterocycles. The molecule has 4 aromatic rings. The van der Waals surface area contributed by atoms with E-state index in [0.717, 1.165) is 15.8 Å². The van der Waals surface area contributed by atoms with Crippen LogP contribution in [0.1, 0.15) is 6.92 Å². The number of thiazole rings is 1. The number of anilines is 1. The smallest absolute Gasteiger partial charge is 0.277 e. The number of carbonyl (C=O) groups is 1. The number of nitrogens with zero attached hydrogens (tertiary/aromatic N) is 4. The van der Waals surface area contributed by atoms with E-state index in [-0.39, 0.29) is 11.7 Å². The van der Waals surface area contributed by atoms with Crippen LogP contribution in [0.4, 0.5) is 5.13 Å². The number of rotatable bonds is 6. The predicted molar refractivity (Wildman–Crippen MR) is 108 cm³/mol. The second kappa shape index (κ2) is 7.89. The Morgan fingerprint density at radius 3 is 2.67 bits per heavy atom. The fourth-order valence-electron chi connectivity index (χ4n) is 2.56. The van der Waals surface area contributed by atoms with Crippen LogP contribution in [0.25, 0.3) is 21.7 Å². The Morgan fingerprint density at radius 1 is 1.11 bits per heavy atom. The lowest BCUT2D eigenvalue weighted by atomic mass is 10.2. The van der Waals surface area contributed by atoms with Crippen molar-refractivity contribution >= 4 is 44.4 Å². The zero-order valence-electron chi connectivity index (χ0n) is 14.5. The molecule has 27 heavy (non-hydrogen) atoms. The largest absolute Gasteiger partial charge is 0.411 e. The first-order valence-electron chi connectivity index (χ1n) is 8.42. The monoisotopic (exact) mass is 396 g/mol. The number of fused-ring (bicyclic) bond motifs is 1. The van der Waals surface area contributed by atoms with E-state index in [1.165, 1.54) is 23.1 Å². The molecule has 0 radical (unpaired) electrons. The summed E-state index contributed by atoms with van der Waals surface area (Å²) < 4.78 is 6.71. The third-order valence-corrected chi connectivity index (χ3v) is 5.74. The molecule has 0 bridgehead atoms. The highest BCUT2D eigenvalue weighted by Crippen LogP contribution is 2.29. The lowest BCUT2D eigenvalue weighted by Gasteiger charge is -2.16. The molecule has 0 aliphatic rings. The molecule has 0 saturated carbocycles. The van der Waals surface area contributed by atoms with Gasteiger partial charge in [0.1, 0.15) is 0 Å². The Labute approximate surface area is 164 Å². The van der Waals surface area contributed by atoms with Gasteiger partial charge in [0.15, 0.2) is 5.13 Å². The van der Waals surface area contributed by atoms with E-state index in [9.17, 15) is 4.79 Å². The minimum absolute atomic E-state index is 0.0407. The van der Waals surface area contributed by atoms with E-state index in [0.29, 0.717) is 22.8 Å². The van der Waals surface area contributed by atoms with Crippen LogP contribution in [-0.2, 0) is 4.79 Å². The fraction of sp³-hybridized carbons (Fsp3) is 0.158. The van der Waals surface area contributed by atoms with Gasteiger partial charge < -0.3 is 4.42 Å². The lowest BCUT2D eigenvalue weighted by Crippen LogP contribution is -2.32. The maximum Gasteiger partial charge on any atom is 0.277 e. The minimum atomic E-state index is -0.0407. The minimum Gasteiger partial charge on any atom is -0.411 e. The number of carbonyl (C=O) groups excluding carboxylic acids is 1. The molecule has 2 aromatic carbocycles. The highest BCUT2D eigenvalue weighted by molar-refractivity contribution is 7.99. The SMILES string of the molecule is CCN(C(=O)CSc1nnc(-c2ccccc2)o1)c1nc2ccccc2s1. The molecular weight excluding hydrogens is 380 g/mol. The molecule has 0 unspecified atom stereocenters. The second-order valence-corrected chi connectivity index (χ2v) is 7.57. The van der Waals surface area contributed by atoms with Crippen LogP contribution in [0, 0.1) is 0 Å². The van der Waals surface area contributed by atoms with E-state index < -0.39 is 0 Å². The van der Waals surface area contributed by atoms with E-state index in [1.807, 2.05) is 61.5 Å². The molecule has 0 atom stereocenters. The molecule has 0 N–H and O–H groups in total. The first-order chi connectivity index (χ1) is 13.2. The van der Waals surface area contributed by atoms with Crippen LogP contribution in [0.5, 0.6) is 0 Å². The normalized spacial score (nSPS) is 11.0. The van der Waals surface area contributed by atoms with Gasteiger partial charge in [0.25, 0.3) is 5.22 Å². The standard InChI is InChI=1S/C19H16N4O2S2/c1-2-23(18-20-14-10-6-7-11-15(14)27-18)16(24)12-26-19-22-21-17(25-19)13-8-4-3-5-9-13/h3-11H,2,12H2,1H3. The Bertz CT molecular complexity index is 1030. The number of aromatic nitrogens is 3. The van der Waals surface area contributed by atoms with E-state index in [4.69, 9.17) is 4.42 Å². The van der Waals surface area contributed by atoms with Gasteiger partial charge in [-0.1, -0.05) is 53.4 Å². The van der Waals surface area contributed by atoms with Gasteiger partial charge in [-0.2, -0.15) is 0 Å². The van der Waals surface area contributed by atoms with Gasteiger partial charge in [-0.25, -0.2) is 4.98 Å². The van der Waals surface area contributed by atoms with Crippen molar-refractivity contribution in [2.45, 2.75) is 12.1 Å². The van der Waals surface area contributed by atoms with Gasteiger partial charge in [-0.15, -0.1) is 10.2 Å². The number of benzene rings is 2. The van der Waals surface area contributed by atoms with Gasteiger partial charge >= 0.3 is 0 Å². The first kappa shape index (κ1) is 17.7. The molecule has 6 nitrogen and oxygen atoms in total. The summed E-state index contributed by atoms with van der Waals surface area (Å²) in [5.74, 6) is 0.616. The Kier molecular flexibility index (Phi) is 5.17. The van der Waals surface area contributed by atoms with Crippen molar-refractivity contribution in [1.29, 1.82) is 0 Å². The molecule has 8 heteroatoms. The second-order valence-electron chi connectivity index (χ2n) is 5.63.